The highest BCUT2D eigenvalue weighted by molar-refractivity contribution is 5.86. The maximum absolute atomic E-state index is 12.8. The molecule has 188 valence electrons. The molecule has 10 nitrogen and oxygen atoms in total. The highest BCUT2D eigenvalue weighted by Gasteiger charge is 2.13. The zero-order chi connectivity index (χ0) is 25.1. The van der Waals surface area contributed by atoms with Crippen molar-refractivity contribution in [3.8, 4) is 17.2 Å². The van der Waals surface area contributed by atoms with Gasteiger partial charge in [-0.3, -0.25) is 15.1 Å². The highest BCUT2D eigenvalue weighted by atomic mass is 16.5. The third kappa shape index (κ3) is 5.03. The molecule has 36 heavy (non-hydrogen) atoms. The van der Waals surface area contributed by atoms with Crippen LogP contribution < -0.4 is 25.1 Å². The number of rotatable bonds is 9. The van der Waals surface area contributed by atoms with Crippen molar-refractivity contribution in [3.63, 3.8) is 0 Å². The number of H-pyrrole nitrogens is 1. The van der Waals surface area contributed by atoms with Crippen LogP contribution in [0.1, 0.15) is 25.0 Å². The number of aryl methyl sites for hydroxylation is 1. The molecule has 10 heteroatoms. The number of anilines is 2. The second-order valence-corrected chi connectivity index (χ2v) is 8.83. The Bertz CT molecular complexity index is 1450. The lowest BCUT2D eigenvalue weighted by Crippen LogP contribution is -2.21. The normalized spacial score (nSPS) is 13.9. The molecule has 2 aromatic carbocycles. The van der Waals surface area contributed by atoms with Crippen molar-refractivity contribution in [2.75, 3.05) is 45.8 Å². The summed E-state index contributed by atoms with van der Waals surface area (Å²) in [5.41, 5.74) is 1.71. The van der Waals surface area contributed by atoms with E-state index in [1.54, 1.807) is 32.4 Å². The second kappa shape index (κ2) is 10.4. The molecule has 1 aliphatic heterocycles. The molecule has 0 atom stereocenters. The summed E-state index contributed by atoms with van der Waals surface area (Å²) >= 11 is 0. The molecule has 0 unspecified atom stereocenters. The lowest BCUT2D eigenvalue weighted by atomic mass is 10.1. The van der Waals surface area contributed by atoms with Gasteiger partial charge in [0.25, 0.3) is 5.56 Å². The van der Waals surface area contributed by atoms with Crippen molar-refractivity contribution < 1.29 is 14.2 Å². The van der Waals surface area contributed by atoms with E-state index in [0.29, 0.717) is 46.2 Å². The van der Waals surface area contributed by atoms with Crippen LogP contribution in [0.2, 0.25) is 0 Å². The van der Waals surface area contributed by atoms with E-state index in [4.69, 9.17) is 14.2 Å². The van der Waals surface area contributed by atoms with Crippen LogP contribution in [-0.4, -0.2) is 65.3 Å². The van der Waals surface area contributed by atoms with E-state index in [2.05, 4.69) is 30.2 Å². The topological polar surface area (TPSA) is 114 Å². The Hall–Kier alpha value is -3.92. The molecule has 5 rings (SSSR count). The van der Waals surface area contributed by atoms with Crippen molar-refractivity contribution in [1.29, 1.82) is 0 Å². The average Bonchev–Trinajstić information content (AvgIpc) is 3.40. The maximum Gasteiger partial charge on any atom is 0.260 e. The van der Waals surface area contributed by atoms with Gasteiger partial charge in [-0.1, -0.05) is 0 Å². The zero-order valence-electron chi connectivity index (χ0n) is 20.8. The van der Waals surface area contributed by atoms with Crippen molar-refractivity contribution in [3.05, 3.63) is 46.4 Å². The van der Waals surface area contributed by atoms with E-state index >= 15 is 0 Å². The van der Waals surface area contributed by atoms with Crippen molar-refractivity contribution in [2.45, 2.75) is 26.2 Å². The molecule has 0 spiro atoms. The molecule has 0 saturated carbocycles. The Kier molecular flexibility index (Phi) is 6.86. The minimum Gasteiger partial charge on any atom is -0.494 e. The summed E-state index contributed by atoms with van der Waals surface area (Å²) in [5, 5.41) is 4.32. The van der Waals surface area contributed by atoms with Gasteiger partial charge in [0.15, 0.2) is 11.5 Å². The lowest BCUT2D eigenvalue weighted by molar-refractivity contribution is 0.263. The number of likely N-dealkylation sites (tertiary alicyclic amines) is 1. The smallest absolute Gasteiger partial charge is 0.260 e. The molecule has 1 fully saturated rings. The van der Waals surface area contributed by atoms with Crippen LogP contribution in [-0.2, 0) is 0 Å². The Balaban J connectivity index is 1.33. The molecule has 4 aromatic rings. The predicted octanol–water partition coefficient (Wildman–Crippen LogP) is 3.80. The Morgan fingerprint density at radius 1 is 0.972 bits per heavy atom. The number of ether oxygens (including phenoxy) is 3. The SMILES string of the molecule is COc1cc2nc(Nc3nc4ccc(OCCCN5CCCC5)cc4c(=O)[nH]3)nc(C)c2cc1OC. The summed E-state index contributed by atoms with van der Waals surface area (Å²) in [7, 11) is 3.16. The summed E-state index contributed by atoms with van der Waals surface area (Å²) in [6.45, 7) is 5.90. The van der Waals surface area contributed by atoms with E-state index in [1.165, 1.54) is 25.9 Å². The molecule has 2 aromatic heterocycles. The number of fused-ring (bicyclic) bond motifs is 2. The molecule has 3 heterocycles. The first-order valence-corrected chi connectivity index (χ1v) is 12.1. The van der Waals surface area contributed by atoms with Gasteiger partial charge in [-0.05, 0) is 63.5 Å². The number of hydrogen-bond donors (Lipinski definition) is 2. The maximum atomic E-state index is 12.8. The van der Waals surface area contributed by atoms with Gasteiger partial charge in [0.1, 0.15) is 5.75 Å². The van der Waals surface area contributed by atoms with Crippen molar-refractivity contribution in [1.82, 2.24) is 24.8 Å². The van der Waals surface area contributed by atoms with Gasteiger partial charge in [0.2, 0.25) is 11.9 Å². The van der Waals surface area contributed by atoms with Crippen LogP contribution in [0, 0.1) is 6.92 Å². The van der Waals surface area contributed by atoms with E-state index in [0.717, 1.165) is 24.0 Å². The van der Waals surface area contributed by atoms with Gasteiger partial charge < -0.3 is 19.1 Å². The van der Waals surface area contributed by atoms with Gasteiger partial charge in [-0.2, -0.15) is 0 Å². The van der Waals surface area contributed by atoms with Crippen LogP contribution in [0.3, 0.4) is 0 Å². The first kappa shape index (κ1) is 23.8. The van der Waals surface area contributed by atoms with Crippen molar-refractivity contribution in [2.24, 2.45) is 0 Å². The standard InChI is InChI=1S/C26H30N6O4/c1-16-18-14-22(34-2)23(35-3)15-21(18)29-25(27-16)31-26-28-20-8-7-17(13-19(20)24(33)30-26)36-12-6-11-32-9-4-5-10-32/h7-8,13-15H,4-6,9-12H2,1-3H3,(H2,27,28,29,30,31,33). The summed E-state index contributed by atoms with van der Waals surface area (Å²) in [6.07, 6.45) is 3.53. The number of nitrogens with one attached hydrogen (secondary N) is 2. The number of aromatic amines is 1. The van der Waals surface area contributed by atoms with Crippen molar-refractivity contribution >= 4 is 33.7 Å². The largest absolute Gasteiger partial charge is 0.494 e. The van der Waals surface area contributed by atoms with Crippen LogP contribution in [0.15, 0.2) is 35.1 Å². The van der Waals surface area contributed by atoms with Crippen LogP contribution >= 0.6 is 0 Å². The average molecular weight is 491 g/mol. The second-order valence-electron chi connectivity index (χ2n) is 8.83. The van der Waals surface area contributed by atoms with E-state index in [1.807, 2.05) is 19.1 Å². The molecule has 1 saturated heterocycles. The lowest BCUT2D eigenvalue weighted by Gasteiger charge is -2.14. The fraction of sp³-hybridized carbons (Fsp3) is 0.385. The minimum absolute atomic E-state index is 0.256. The summed E-state index contributed by atoms with van der Waals surface area (Å²) in [5.74, 6) is 2.40. The van der Waals surface area contributed by atoms with Crippen LogP contribution in [0.4, 0.5) is 11.9 Å². The molecule has 0 radical (unpaired) electrons. The fourth-order valence-corrected chi connectivity index (χ4v) is 4.52. The monoisotopic (exact) mass is 490 g/mol. The number of nitrogens with zero attached hydrogens (tertiary/aromatic N) is 4. The van der Waals surface area contributed by atoms with Crippen LogP contribution in [0.25, 0.3) is 21.8 Å². The Morgan fingerprint density at radius 3 is 2.53 bits per heavy atom. The van der Waals surface area contributed by atoms with Gasteiger partial charge >= 0.3 is 0 Å². The summed E-state index contributed by atoms with van der Waals surface area (Å²) in [6, 6.07) is 8.99. The first-order valence-electron chi connectivity index (χ1n) is 12.1. The van der Waals surface area contributed by atoms with Gasteiger partial charge in [-0.15, -0.1) is 0 Å². The third-order valence-electron chi connectivity index (χ3n) is 6.38. The number of aromatic nitrogens is 4. The number of methoxy groups -OCH3 is 2. The number of hydrogen-bond acceptors (Lipinski definition) is 9. The van der Waals surface area contributed by atoms with Gasteiger partial charge in [-0.25, -0.2) is 15.0 Å². The quantitative estimate of drug-likeness (QED) is 0.338. The van der Waals surface area contributed by atoms with Crippen LogP contribution in [0.5, 0.6) is 17.2 Å². The van der Waals surface area contributed by atoms with E-state index in [9.17, 15) is 4.79 Å². The molecule has 0 aliphatic carbocycles. The summed E-state index contributed by atoms with van der Waals surface area (Å²) in [4.78, 5) is 31.7. The van der Waals surface area contributed by atoms with E-state index in [-0.39, 0.29) is 11.5 Å². The summed E-state index contributed by atoms with van der Waals surface area (Å²) < 4.78 is 16.7. The molecule has 0 amide bonds. The predicted molar refractivity (Wildman–Crippen MR) is 139 cm³/mol. The first-order chi connectivity index (χ1) is 17.5. The van der Waals surface area contributed by atoms with Gasteiger partial charge in [0, 0.05) is 18.0 Å². The van der Waals surface area contributed by atoms with E-state index < -0.39 is 0 Å². The van der Waals surface area contributed by atoms with Gasteiger partial charge in [0.05, 0.1) is 42.9 Å². The molecule has 0 bridgehead atoms. The number of benzene rings is 2. The molecule has 1 aliphatic rings. The zero-order valence-corrected chi connectivity index (χ0v) is 20.8. The Labute approximate surface area is 208 Å². The third-order valence-corrected chi connectivity index (χ3v) is 6.38. The molecular formula is C26H30N6O4. The molecule has 2 N–H and O–H groups in total. The fourth-order valence-electron chi connectivity index (χ4n) is 4.52. The minimum atomic E-state index is -0.270. The molecular weight excluding hydrogens is 460 g/mol. The Morgan fingerprint density at radius 2 is 1.75 bits per heavy atom. The highest BCUT2D eigenvalue weighted by Crippen LogP contribution is 2.33.